The van der Waals surface area contributed by atoms with Crippen LogP contribution in [0.25, 0.3) is 0 Å². The number of hydrogen-bond donors (Lipinski definition) is 2. The molecule has 0 saturated carbocycles. The highest BCUT2D eigenvalue weighted by atomic mass is 32.2. The minimum absolute atomic E-state index is 0.0164. The van der Waals surface area contributed by atoms with Crippen LogP contribution < -0.4 is 10.6 Å². The first kappa shape index (κ1) is 25.3. The normalized spacial score (nSPS) is 14.0. The molecule has 1 aliphatic carbocycles. The van der Waals surface area contributed by atoms with Gasteiger partial charge in [0.05, 0.1) is 17.9 Å². The van der Waals surface area contributed by atoms with E-state index in [1.807, 2.05) is 38.1 Å². The fourth-order valence-electron chi connectivity index (χ4n) is 3.93. The van der Waals surface area contributed by atoms with E-state index in [-0.39, 0.29) is 23.0 Å². The van der Waals surface area contributed by atoms with E-state index in [0.29, 0.717) is 23.4 Å². The maximum atomic E-state index is 13.2. The van der Waals surface area contributed by atoms with E-state index >= 15 is 0 Å². The van der Waals surface area contributed by atoms with Gasteiger partial charge in [0.25, 0.3) is 0 Å². The summed E-state index contributed by atoms with van der Waals surface area (Å²) in [5.41, 5.74) is 2.28. The fraction of sp³-hybridized carbons (Fsp3) is 0.480. The molecule has 8 heteroatoms. The summed E-state index contributed by atoms with van der Waals surface area (Å²) >= 11 is 2.96. The number of rotatable bonds is 9. The van der Waals surface area contributed by atoms with Crippen molar-refractivity contribution in [2.75, 3.05) is 17.7 Å². The highest BCUT2D eigenvalue weighted by Crippen LogP contribution is 2.38. The summed E-state index contributed by atoms with van der Waals surface area (Å²) in [6.45, 7) is 3.93. The van der Waals surface area contributed by atoms with Gasteiger partial charge >= 0.3 is 5.97 Å². The number of ether oxygens (including phenoxy) is 1. The molecule has 0 radical (unpaired) electrons. The number of aryl methyl sites for hydroxylation is 1. The predicted octanol–water partition coefficient (Wildman–Crippen LogP) is 6.05. The van der Waals surface area contributed by atoms with Crippen LogP contribution in [0.5, 0.6) is 0 Å². The van der Waals surface area contributed by atoms with E-state index in [9.17, 15) is 14.4 Å². The number of thiophene rings is 1. The molecule has 0 aliphatic heterocycles. The number of esters is 1. The van der Waals surface area contributed by atoms with Crippen molar-refractivity contribution in [1.82, 2.24) is 0 Å². The summed E-state index contributed by atoms with van der Waals surface area (Å²) in [6, 6.07) is 7.55. The third kappa shape index (κ3) is 6.60. The molecule has 1 aromatic carbocycles. The fourth-order valence-corrected chi connectivity index (χ4v) is 6.22. The van der Waals surface area contributed by atoms with E-state index in [0.717, 1.165) is 54.7 Å². The van der Waals surface area contributed by atoms with Gasteiger partial charge < -0.3 is 15.4 Å². The van der Waals surface area contributed by atoms with Gasteiger partial charge in [0.2, 0.25) is 11.8 Å². The molecule has 0 saturated heterocycles. The van der Waals surface area contributed by atoms with Gasteiger partial charge in [0.1, 0.15) is 5.00 Å². The maximum absolute atomic E-state index is 13.2. The summed E-state index contributed by atoms with van der Waals surface area (Å²) in [5, 5.41) is 6.19. The largest absolute Gasteiger partial charge is 0.465 e. The van der Waals surface area contributed by atoms with Gasteiger partial charge in [-0.05, 0) is 62.3 Å². The third-order valence-corrected chi connectivity index (χ3v) is 8.15. The van der Waals surface area contributed by atoms with Crippen molar-refractivity contribution in [3.63, 3.8) is 0 Å². The monoisotopic (exact) mass is 488 g/mol. The molecular formula is C25H32N2O4S2. The van der Waals surface area contributed by atoms with E-state index in [1.54, 1.807) is 0 Å². The average molecular weight is 489 g/mol. The summed E-state index contributed by atoms with van der Waals surface area (Å²) in [6.07, 6.45) is 6.96. The molecule has 0 spiro atoms. The Hall–Kier alpha value is -2.32. The van der Waals surface area contributed by atoms with Crippen molar-refractivity contribution in [1.29, 1.82) is 0 Å². The van der Waals surface area contributed by atoms with Crippen LogP contribution >= 0.6 is 23.1 Å². The van der Waals surface area contributed by atoms with Gasteiger partial charge in [0.15, 0.2) is 0 Å². The van der Waals surface area contributed by atoms with Crippen LogP contribution in [-0.2, 0) is 27.2 Å². The molecule has 1 aliphatic rings. The third-order valence-electron chi connectivity index (χ3n) is 5.58. The van der Waals surface area contributed by atoms with Crippen LogP contribution in [0.4, 0.5) is 10.7 Å². The standard InChI is InChI=1S/C25H32N2O4S2/c1-4-10-21(28)26-16-11-9-12-17(15-16)32-19(5-2)23(29)27-24-22(25(30)31-3)18-13-7-6-8-14-20(18)33-24/h9,11-12,15,19H,4-8,10,13-14H2,1-3H3,(H,26,28)(H,27,29). The molecule has 2 aromatic rings. The average Bonchev–Trinajstić information content (AvgIpc) is 2.97. The number of nitrogens with one attached hydrogen (secondary N) is 2. The number of hydrogen-bond acceptors (Lipinski definition) is 6. The number of methoxy groups -OCH3 is 1. The van der Waals surface area contributed by atoms with Crippen molar-refractivity contribution in [3.05, 3.63) is 40.3 Å². The molecule has 2 N–H and O–H groups in total. The Morgan fingerprint density at radius 1 is 1.12 bits per heavy atom. The molecule has 3 rings (SSSR count). The number of carbonyl (C=O) groups is 3. The Balaban J connectivity index is 1.75. The highest BCUT2D eigenvalue weighted by Gasteiger charge is 2.28. The van der Waals surface area contributed by atoms with Crippen LogP contribution in [-0.4, -0.2) is 30.1 Å². The van der Waals surface area contributed by atoms with E-state index in [2.05, 4.69) is 10.6 Å². The zero-order chi connectivity index (χ0) is 23.8. The number of thioether (sulfide) groups is 1. The van der Waals surface area contributed by atoms with Gasteiger partial charge in [-0.2, -0.15) is 0 Å². The highest BCUT2D eigenvalue weighted by molar-refractivity contribution is 8.00. The van der Waals surface area contributed by atoms with Crippen LogP contribution in [0, 0.1) is 0 Å². The summed E-state index contributed by atoms with van der Waals surface area (Å²) in [4.78, 5) is 39.7. The number of fused-ring (bicyclic) bond motifs is 1. The zero-order valence-corrected chi connectivity index (χ0v) is 21.1. The second-order valence-electron chi connectivity index (χ2n) is 8.09. The Morgan fingerprint density at radius 2 is 1.91 bits per heavy atom. The van der Waals surface area contributed by atoms with Gasteiger partial charge in [-0.1, -0.05) is 26.3 Å². The quantitative estimate of drug-likeness (QED) is 0.255. The Kier molecular flexibility index (Phi) is 9.38. The van der Waals surface area contributed by atoms with Crippen molar-refractivity contribution in [2.45, 2.75) is 75.4 Å². The number of benzene rings is 1. The number of carbonyl (C=O) groups excluding carboxylic acids is 3. The van der Waals surface area contributed by atoms with Crippen molar-refractivity contribution in [3.8, 4) is 0 Å². The topological polar surface area (TPSA) is 84.5 Å². The van der Waals surface area contributed by atoms with Crippen molar-refractivity contribution >= 4 is 51.6 Å². The van der Waals surface area contributed by atoms with E-state index in [4.69, 9.17) is 4.74 Å². The molecular weight excluding hydrogens is 456 g/mol. The first-order valence-electron chi connectivity index (χ1n) is 11.6. The molecule has 6 nitrogen and oxygen atoms in total. The molecule has 2 amide bonds. The molecule has 1 atom stereocenters. The lowest BCUT2D eigenvalue weighted by atomic mass is 10.1. The van der Waals surface area contributed by atoms with Crippen molar-refractivity contribution in [2.24, 2.45) is 0 Å². The number of anilines is 2. The molecule has 0 bridgehead atoms. The van der Waals surface area contributed by atoms with Gasteiger partial charge in [-0.3, -0.25) is 9.59 Å². The first-order valence-corrected chi connectivity index (χ1v) is 13.3. The predicted molar refractivity (Wildman–Crippen MR) is 135 cm³/mol. The molecule has 1 aromatic heterocycles. The van der Waals surface area contributed by atoms with Crippen LogP contribution in [0.3, 0.4) is 0 Å². The zero-order valence-electron chi connectivity index (χ0n) is 19.5. The Morgan fingerprint density at radius 3 is 2.64 bits per heavy atom. The molecule has 178 valence electrons. The summed E-state index contributed by atoms with van der Waals surface area (Å²) in [7, 11) is 1.38. The van der Waals surface area contributed by atoms with Gasteiger partial charge in [-0.25, -0.2) is 4.79 Å². The SMILES string of the molecule is CCCC(=O)Nc1cccc(SC(CC)C(=O)Nc2sc3c(c2C(=O)OC)CCCCC3)c1. The van der Waals surface area contributed by atoms with Gasteiger partial charge in [0, 0.05) is 21.9 Å². The summed E-state index contributed by atoms with van der Waals surface area (Å²) in [5.74, 6) is -0.539. The number of amides is 2. The molecule has 1 heterocycles. The minimum atomic E-state index is -0.388. The molecule has 1 unspecified atom stereocenters. The minimum Gasteiger partial charge on any atom is -0.465 e. The van der Waals surface area contributed by atoms with Crippen LogP contribution in [0.1, 0.15) is 73.2 Å². The first-order chi connectivity index (χ1) is 16.0. The smallest absolute Gasteiger partial charge is 0.341 e. The maximum Gasteiger partial charge on any atom is 0.341 e. The lowest BCUT2D eigenvalue weighted by Gasteiger charge is -2.15. The molecule has 33 heavy (non-hydrogen) atoms. The lowest BCUT2D eigenvalue weighted by molar-refractivity contribution is -0.116. The Labute approximate surface area is 203 Å². The van der Waals surface area contributed by atoms with Crippen LogP contribution in [0.15, 0.2) is 29.2 Å². The van der Waals surface area contributed by atoms with E-state index in [1.165, 1.54) is 35.1 Å². The molecule has 0 fully saturated rings. The van der Waals surface area contributed by atoms with E-state index < -0.39 is 0 Å². The Bertz CT molecular complexity index is 1000. The lowest BCUT2D eigenvalue weighted by Crippen LogP contribution is -2.25. The second-order valence-corrected chi connectivity index (χ2v) is 10.5. The second kappa shape index (κ2) is 12.2. The summed E-state index contributed by atoms with van der Waals surface area (Å²) < 4.78 is 5.05. The van der Waals surface area contributed by atoms with Crippen molar-refractivity contribution < 1.29 is 19.1 Å². The van der Waals surface area contributed by atoms with Crippen LogP contribution in [0.2, 0.25) is 0 Å². The van der Waals surface area contributed by atoms with Gasteiger partial charge in [-0.15, -0.1) is 23.1 Å².